The van der Waals surface area contributed by atoms with Crippen molar-refractivity contribution in [1.82, 2.24) is 15.0 Å². The Kier molecular flexibility index (Phi) is 7.78. The summed E-state index contributed by atoms with van der Waals surface area (Å²) in [6.07, 6.45) is 0. The number of furan rings is 1. The average Bonchev–Trinajstić information content (AvgIpc) is 3.68. The third-order valence-corrected chi connectivity index (χ3v) is 11.0. The summed E-state index contributed by atoms with van der Waals surface area (Å²) < 4.78 is 6.69. The first-order chi connectivity index (χ1) is 28.3. The number of aromatic nitrogens is 3. The summed E-state index contributed by atoms with van der Waals surface area (Å²) in [6.45, 7) is 0. The molecular weight excluding hydrogens is 695 g/mol. The Hall–Kier alpha value is -7.69. The lowest BCUT2D eigenvalue weighted by atomic mass is 9.89. The van der Waals surface area contributed by atoms with Crippen molar-refractivity contribution in [1.29, 1.82) is 0 Å². The van der Waals surface area contributed by atoms with Crippen LogP contribution in [0.15, 0.2) is 205 Å². The molecule has 0 aliphatic rings. The molecule has 0 unspecified atom stereocenters. The molecule has 9 aromatic carbocycles. The van der Waals surface area contributed by atoms with Crippen LogP contribution in [0.25, 0.3) is 111 Å². The first-order valence-corrected chi connectivity index (χ1v) is 19.2. The second-order valence-corrected chi connectivity index (χ2v) is 14.3. The van der Waals surface area contributed by atoms with Crippen LogP contribution in [-0.2, 0) is 0 Å². The summed E-state index contributed by atoms with van der Waals surface area (Å²) in [7, 11) is 0. The molecule has 2 aromatic heterocycles. The van der Waals surface area contributed by atoms with E-state index < -0.39 is 0 Å². The van der Waals surface area contributed by atoms with E-state index >= 15 is 0 Å². The van der Waals surface area contributed by atoms with Crippen molar-refractivity contribution in [2.75, 3.05) is 0 Å². The maximum atomic E-state index is 6.69. The zero-order chi connectivity index (χ0) is 37.7. The first-order valence-electron chi connectivity index (χ1n) is 19.2. The molecule has 0 aliphatic heterocycles. The number of rotatable bonds is 6. The normalized spacial score (nSPS) is 11.5. The van der Waals surface area contributed by atoms with Gasteiger partial charge in [0.15, 0.2) is 17.5 Å². The summed E-state index contributed by atoms with van der Waals surface area (Å²) in [5.41, 5.74) is 11.5. The maximum Gasteiger partial charge on any atom is 0.164 e. The Morgan fingerprint density at radius 2 is 0.754 bits per heavy atom. The lowest BCUT2D eigenvalue weighted by Gasteiger charge is -2.15. The highest BCUT2D eigenvalue weighted by Gasteiger charge is 2.21. The van der Waals surface area contributed by atoms with Gasteiger partial charge in [0.05, 0.1) is 0 Å². The van der Waals surface area contributed by atoms with E-state index in [1.807, 2.05) is 36.4 Å². The SMILES string of the molecule is c1ccc(-c2ccc(-c3nc(-c4ccccc4)nc(-c4ccc(-c5cc6c(oc7cccc(-c8ccccc8)c76)c6ccccc56)c5ccccc45)n3)cc2)cc1. The zero-order valence-electron chi connectivity index (χ0n) is 30.8. The third kappa shape index (κ3) is 5.66. The van der Waals surface area contributed by atoms with Crippen LogP contribution in [-0.4, -0.2) is 15.0 Å². The molecule has 0 N–H and O–H groups in total. The smallest absolute Gasteiger partial charge is 0.164 e. The van der Waals surface area contributed by atoms with Gasteiger partial charge in [-0.05, 0) is 67.7 Å². The second kappa shape index (κ2) is 13.6. The Morgan fingerprint density at radius 1 is 0.281 bits per heavy atom. The standard InChI is InChI=1S/C53H33N3O/c1-4-15-34(16-5-1)35-27-29-38(30-28-35)52-54-51(37-19-8-3-9-20-37)55-53(56-52)45-32-31-43(40-21-10-11-22-41(40)45)46-33-47-49-39(36-17-6-2-7-18-36)25-14-26-48(49)57-50(47)44-24-13-12-23-42(44)46/h1-33H. The molecule has 0 atom stereocenters. The van der Waals surface area contributed by atoms with Gasteiger partial charge in [-0.2, -0.15) is 0 Å². The molecule has 2 heterocycles. The van der Waals surface area contributed by atoms with E-state index in [0.717, 1.165) is 88.0 Å². The molecule has 11 rings (SSSR count). The van der Waals surface area contributed by atoms with Gasteiger partial charge >= 0.3 is 0 Å². The summed E-state index contributed by atoms with van der Waals surface area (Å²) in [5.74, 6) is 1.89. The van der Waals surface area contributed by atoms with E-state index in [1.54, 1.807) is 0 Å². The van der Waals surface area contributed by atoms with Gasteiger partial charge in [-0.25, -0.2) is 15.0 Å². The molecule has 57 heavy (non-hydrogen) atoms. The molecule has 0 amide bonds. The van der Waals surface area contributed by atoms with Gasteiger partial charge in [-0.1, -0.05) is 182 Å². The van der Waals surface area contributed by atoms with Gasteiger partial charge in [0.2, 0.25) is 0 Å². The van der Waals surface area contributed by atoms with Crippen LogP contribution < -0.4 is 0 Å². The fourth-order valence-electron chi connectivity index (χ4n) is 8.24. The predicted molar refractivity (Wildman–Crippen MR) is 235 cm³/mol. The molecule has 0 saturated heterocycles. The molecule has 0 spiro atoms. The van der Waals surface area contributed by atoms with Gasteiger partial charge in [0.25, 0.3) is 0 Å². The number of hydrogen-bond acceptors (Lipinski definition) is 4. The molecule has 4 heteroatoms. The van der Waals surface area contributed by atoms with Crippen LogP contribution in [0.2, 0.25) is 0 Å². The Bertz CT molecular complexity index is 3260. The summed E-state index contributed by atoms with van der Waals surface area (Å²) >= 11 is 0. The van der Waals surface area contributed by atoms with Gasteiger partial charge in [0.1, 0.15) is 11.2 Å². The van der Waals surface area contributed by atoms with Gasteiger partial charge < -0.3 is 4.42 Å². The number of hydrogen-bond donors (Lipinski definition) is 0. The number of fused-ring (bicyclic) bond motifs is 6. The average molecular weight is 728 g/mol. The highest BCUT2D eigenvalue weighted by atomic mass is 16.3. The minimum absolute atomic E-state index is 0.627. The van der Waals surface area contributed by atoms with E-state index in [9.17, 15) is 0 Å². The Labute approximate surface area is 329 Å². The summed E-state index contributed by atoms with van der Waals surface area (Å²) in [6, 6.07) is 69.8. The predicted octanol–water partition coefficient (Wildman–Crippen LogP) is 14.1. The van der Waals surface area contributed by atoms with Crippen LogP contribution in [0.1, 0.15) is 0 Å². The van der Waals surface area contributed by atoms with Crippen LogP contribution in [0, 0.1) is 0 Å². The van der Waals surface area contributed by atoms with Gasteiger partial charge in [0, 0.05) is 32.8 Å². The molecule has 11 aromatic rings. The van der Waals surface area contributed by atoms with Crippen LogP contribution in [0.3, 0.4) is 0 Å². The molecule has 0 saturated carbocycles. The molecule has 0 fully saturated rings. The molecule has 0 bridgehead atoms. The highest BCUT2D eigenvalue weighted by molar-refractivity contribution is 6.23. The number of nitrogens with zero attached hydrogens (tertiary/aromatic N) is 3. The monoisotopic (exact) mass is 727 g/mol. The minimum Gasteiger partial charge on any atom is -0.455 e. The van der Waals surface area contributed by atoms with Crippen molar-refractivity contribution in [3.63, 3.8) is 0 Å². The van der Waals surface area contributed by atoms with Crippen molar-refractivity contribution < 1.29 is 4.42 Å². The largest absolute Gasteiger partial charge is 0.455 e. The van der Waals surface area contributed by atoms with E-state index in [1.165, 1.54) is 5.56 Å². The van der Waals surface area contributed by atoms with E-state index in [2.05, 4.69) is 164 Å². The number of benzene rings is 9. The quantitative estimate of drug-likeness (QED) is 0.171. The Morgan fingerprint density at radius 3 is 1.42 bits per heavy atom. The van der Waals surface area contributed by atoms with E-state index in [-0.39, 0.29) is 0 Å². The van der Waals surface area contributed by atoms with Crippen molar-refractivity contribution in [2.24, 2.45) is 0 Å². The van der Waals surface area contributed by atoms with Gasteiger partial charge in [-0.3, -0.25) is 0 Å². The molecule has 4 nitrogen and oxygen atoms in total. The lowest BCUT2D eigenvalue weighted by molar-refractivity contribution is 0.673. The summed E-state index contributed by atoms with van der Waals surface area (Å²) in [4.78, 5) is 15.3. The molecular formula is C53H33N3O. The van der Waals surface area contributed by atoms with Crippen molar-refractivity contribution >= 4 is 43.5 Å². The maximum absolute atomic E-state index is 6.69. The van der Waals surface area contributed by atoms with Gasteiger partial charge in [-0.15, -0.1) is 0 Å². The molecule has 266 valence electrons. The first kappa shape index (κ1) is 32.7. The van der Waals surface area contributed by atoms with Crippen LogP contribution >= 0.6 is 0 Å². The lowest BCUT2D eigenvalue weighted by Crippen LogP contribution is -2.01. The van der Waals surface area contributed by atoms with Crippen molar-refractivity contribution in [2.45, 2.75) is 0 Å². The van der Waals surface area contributed by atoms with Crippen molar-refractivity contribution in [3.8, 4) is 67.5 Å². The van der Waals surface area contributed by atoms with Crippen molar-refractivity contribution in [3.05, 3.63) is 200 Å². The fourth-order valence-corrected chi connectivity index (χ4v) is 8.24. The molecule has 0 aliphatic carbocycles. The zero-order valence-corrected chi connectivity index (χ0v) is 30.8. The highest BCUT2D eigenvalue weighted by Crippen LogP contribution is 2.45. The van der Waals surface area contributed by atoms with Crippen LogP contribution in [0.4, 0.5) is 0 Å². The second-order valence-electron chi connectivity index (χ2n) is 14.3. The van der Waals surface area contributed by atoms with E-state index in [4.69, 9.17) is 19.4 Å². The topological polar surface area (TPSA) is 51.8 Å². The van der Waals surface area contributed by atoms with E-state index in [0.29, 0.717) is 17.5 Å². The molecule has 0 radical (unpaired) electrons. The summed E-state index contributed by atoms with van der Waals surface area (Å²) in [5, 5.41) is 6.62. The van der Waals surface area contributed by atoms with Crippen LogP contribution in [0.5, 0.6) is 0 Å². The third-order valence-electron chi connectivity index (χ3n) is 11.0. The Balaban J connectivity index is 1.11. The minimum atomic E-state index is 0.627. The fraction of sp³-hybridized carbons (Fsp3) is 0.